The lowest BCUT2D eigenvalue weighted by Gasteiger charge is -2.36. The van der Waals surface area contributed by atoms with Crippen LogP contribution in [0.15, 0.2) is 0 Å². The van der Waals surface area contributed by atoms with Gasteiger partial charge in [0, 0.05) is 52.2 Å². The van der Waals surface area contributed by atoms with E-state index in [1.807, 2.05) is 4.90 Å². The Bertz CT molecular complexity index is 456. The number of nitrogens with zero attached hydrogens (tertiary/aromatic N) is 5. The van der Waals surface area contributed by atoms with Gasteiger partial charge in [-0.2, -0.15) is 10.5 Å². The topological polar surface area (TPSA) is 83.6 Å². The highest BCUT2D eigenvalue weighted by Gasteiger charge is 2.24. The summed E-state index contributed by atoms with van der Waals surface area (Å²) in [6, 6.07) is 4.39. The summed E-state index contributed by atoms with van der Waals surface area (Å²) in [5.41, 5.74) is 0. The molecule has 7 nitrogen and oxygen atoms in total. The molecule has 2 aliphatic rings. The number of piperazine rings is 1. The number of hydrogen-bond acceptors (Lipinski definition) is 6. The van der Waals surface area contributed by atoms with Crippen molar-refractivity contribution in [3.05, 3.63) is 0 Å². The van der Waals surface area contributed by atoms with E-state index in [1.165, 1.54) is 0 Å². The minimum Gasteiger partial charge on any atom is -0.378 e. The van der Waals surface area contributed by atoms with Gasteiger partial charge in [0.2, 0.25) is 5.91 Å². The maximum Gasteiger partial charge on any atom is 0.236 e. The molecule has 0 radical (unpaired) electrons. The monoisotopic (exact) mass is 319 g/mol. The van der Waals surface area contributed by atoms with Gasteiger partial charge in [0.1, 0.15) is 0 Å². The number of carbonyl (C=O) groups excluding carboxylic acids is 1. The van der Waals surface area contributed by atoms with E-state index in [0.717, 1.165) is 32.7 Å². The number of rotatable bonds is 6. The van der Waals surface area contributed by atoms with Gasteiger partial charge in [0.05, 0.1) is 37.8 Å². The molecule has 23 heavy (non-hydrogen) atoms. The second-order valence-electron chi connectivity index (χ2n) is 6.09. The van der Waals surface area contributed by atoms with Gasteiger partial charge in [-0.3, -0.25) is 14.6 Å². The van der Waals surface area contributed by atoms with Crippen LogP contribution in [0, 0.1) is 28.6 Å². The van der Waals surface area contributed by atoms with Gasteiger partial charge in [-0.15, -0.1) is 0 Å². The first kappa shape index (κ1) is 17.7. The van der Waals surface area contributed by atoms with E-state index in [-0.39, 0.29) is 11.8 Å². The molecule has 2 aliphatic heterocycles. The van der Waals surface area contributed by atoms with Gasteiger partial charge >= 0.3 is 0 Å². The SMILES string of the molecule is N#CCC[C@@H](C#N)CN1CCN(CC(=O)N2CCOCC2)CC1. The number of morpholine rings is 1. The molecule has 0 spiro atoms. The summed E-state index contributed by atoms with van der Waals surface area (Å²) in [4.78, 5) is 18.6. The molecule has 0 aliphatic carbocycles. The Morgan fingerprint density at radius 3 is 2.30 bits per heavy atom. The fourth-order valence-electron chi connectivity index (χ4n) is 2.98. The van der Waals surface area contributed by atoms with Crippen molar-refractivity contribution in [3.63, 3.8) is 0 Å². The molecule has 0 unspecified atom stereocenters. The highest BCUT2D eigenvalue weighted by atomic mass is 16.5. The summed E-state index contributed by atoms with van der Waals surface area (Å²) in [7, 11) is 0. The zero-order valence-corrected chi connectivity index (χ0v) is 13.6. The fourth-order valence-corrected chi connectivity index (χ4v) is 2.98. The fraction of sp³-hybridized carbons (Fsp3) is 0.812. The van der Waals surface area contributed by atoms with Gasteiger partial charge < -0.3 is 9.64 Å². The first-order valence-corrected chi connectivity index (χ1v) is 8.29. The van der Waals surface area contributed by atoms with Crippen molar-refractivity contribution < 1.29 is 9.53 Å². The van der Waals surface area contributed by atoms with Crippen LogP contribution in [0.5, 0.6) is 0 Å². The molecule has 0 saturated carbocycles. The molecule has 1 amide bonds. The Balaban J connectivity index is 1.68. The first-order valence-electron chi connectivity index (χ1n) is 8.29. The lowest BCUT2D eigenvalue weighted by atomic mass is 10.0. The second kappa shape index (κ2) is 9.46. The van der Waals surface area contributed by atoms with E-state index in [2.05, 4.69) is 21.9 Å². The maximum absolute atomic E-state index is 12.2. The number of nitriles is 2. The van der Waals surface area contributed by atoms with E-state index < -0.39 is 0 Å². The van der Waals surface area contributed by atoms with Crippen LogP contribution in [0.4, 0.5) is 0 Å². The highest BCUT2D eigenvalue weighted by molar-refractivity contribution is 5.78. The van der Waals surface area contributed by atoms with Gasteiger partial charge in [-0.25, -0.2) is 0 Å². The Labute approximate surface area is 138 Å². The minimum atomic E-state index is -0.0730. The van der Waals surface area contributed by atoms with Crippen molar-refractivity contribution >= 4 is 5.91 Å². The van der Waals surface area contributed by atoms with Crippen molar-refractivity contribution in [2.75, 3.05) is 65.6 Å². The zero-order valence-electron chi connectivity index (χ0n) is 13.6. The molecule has 2 fully saturated rings. The van der Waals surface area contributed by atoms with E-state index in [9.17, 15) is 4.79 Å². The van der Waals surface area contributed by atoms with Gasteiger partial charge in [-0.1, -0.05) is 0 Å². The zero-order chi connectivity index (χ0) is 16.5. The molecule has 1 atom stereocenters. The summed E-state index contributed by atoms with van der Waals surface area (Å²) in [6.45, 7) is 7.33. The third-order valence-corrected chi connectivity index (χ3v) is 4.45. The van der Waals surface area contributed by atoms with Crippen molar-refractivity contribution in [3.8, 4) is 12.1 Å². The van der Waals surface area contributed by atoms with E-state index in [1.54, 1.807) is 0 Å². The van der Waals surface area contributed by atoms with Crippen LogP contribution >= 0.6 is 0 Å². The molecular weight excluding hydrogens is 294 g/mol. The third-order valence-electron chi connectivity index (χ3n) is 4.45. The van der Waals surface area contributed by atoms with Crippen LogP contribution in [0.25, 0.3) is 0 Å². The molecule has 2 heterocycles. The van der Waals surface area contributed by atoms with E-state index >= 15 is 0 Å². The molecule has 0 aromatic rings. The Hall–Kier alpha value is -1.67. The van der Waals surface area contributed by atoms with Crippen LogP contribution in [0.3, 0.4) is 0 Å². The lowest BCUT2D eigenvalue weighted by molar-refractivity contribution is -0.136. The Morgan fingerprint density at radius 2 is 1.70 bits per heavy atom. The average molecular weight is 319 g/mol. The van der Waals surface area contributed by atoms with Crippen LogP contribution in [-0.4, -0.2) is 86.2 Å². The molecule has 7 heteroatoms. The predicted octanol–water partition coefficient (Wildman–Crippen LogP) is -0.0936. The molecule has 0 aromatic heterocycles. The summed E-state index contributed by atoms with van der Waals surface area (Å²) in [5.74, 6) is 0.113. The number of ether oxygens (including phenoxy) is 1. The normalized spacial score (nSPS) is 21.4. The van der Waals surface area contributed by atoms with Crippen LogP contribution in [-0.2, 0) is 9.53 Å². The second-order valence-corrected chi connectivity index (χ2v) is 6.09. The predicted molar refractivity (Wildman–Crippen MR) is 84.2 cm³/mol. The third kappa shape index (κ3) is 5.80. The van der Waals surface area contributed by atoms with Crippen molar-refractivity contribution in [2.24, 2.45) is 5.92 Å². The summed E-state index contributed by atoms with van der Waals surface area (Å²) >= 11 is 0. The molecule has 126 valence electrons. The number of hydrogen-bond donors (Lipinski definition) is 0. The summed E-state index contributed by atoms with van der Waals surface area (Å²) in [6.07, 6.45) is 1.08. The van der Waals surface area contributed by atoms with Gasteiger partial charge in [0.25, 0.3) is 0 Å². The standard InChI is InChI=1S/C16H25N5O2/c17-3-1-2-15(12-18)13-19-4-6-20(7-5-19)14-16(22)21-8-10-23-11-9-21/h15H,1-2,4-11,13-14H2/t15-/m0/s1. The van der Waals surface area contributed by atoms with Crippen LogP contribution < -0.4 is 0 Å². The lowest BCUT2D eigenvalue weighted by Crippen LogP contribution is -2.52. The van der Waals surface area contributed by atoms with Gasteiger partial charge in [0.15, 0.2) is 0 Å². The minimum absolute atomic E-state index is 0.0730. The maximum atomic E-state index is 12.2. The van der Waals surface area contributed by atoms with Gasteiger partial charge in [-0.05, 0) is 6.42 Å². The molecule has 0 N–H and O–H groups in total. The molecule has 2 rings (SSSR count). The average Bonchev–Trinajstić information content (AvgIpc) is 2.60. The molecule has 0 aromatic carbocycles. The summed E-state index contributed by atoms with van der Waals surface area (Å²) in [5, 5.41) is 17.8. The van der Waals surface area contributed by atoms with Crippen molar-refractivity contribution in [1.29, 1.82) is 10.5 Å². The molecule has 0 bridgehead atoms. The van der Waals surface area contributed by atoms with Crippen molar-refractivity contribution in [1.82, 2.24) is 14.7 Å². The quantitative estimate of drug-likeness (QED) is 0.680. The Morgan fingerprint density at radius 1 is 1.04 bits per heavy atom. The first-order chi connectivity index (χ1) is 11.2. The molecule has 2 saturated heterocycles. The van der Waals surface area contributed by atoms with E-state index in [0.29, 0.717) is 45.7 Å². The summed E-state index contributed by atoms with van der Waals surface area (Å²) < 4.78 is 5.27. The Kier molecular flexibility index (Phi) is 7.28. The highest BCUT2D eigenvalue weighted by Crippen LogP contribution is 2.10. The smallest absolute Gasteiger partial charge is 0.236 e. The number of amides is 1. The van der Waals surface area contributed by atoms with Crippen molar-refractivity contribution in [2.45, 2.75) is 12.8 Å². The largest absolute Gasteiger partial charge is 0.378 e. The van der Waals surface area contributed by atoms with E-state index in [4.69, 9.17) is 15.3 Å². The number of carbonyl (C=O) groups is 1. The van der Waals surface area contributed by atoms with Crippen LogP contribution in [0.1, 0.15) is 12.8 Å². The van der Waals surface area contributed by atoms with Crippen LogP contribution in [0.2, 0.25) is 0 Å². The molecular formula is C16H25N5O2.